The summed E-state index contributed by atoms with van der Waals surface area (Å²) >= 11 is 1.66. The van der Waals surface area contributed by atoms with Crippen LogP contribution in [-0.2, 0) is 4.79 Å². The highest BCUT2D eigenvalue weighted by atomic mass is 32.1. The molecule has 0 unspecified atom stereocenters. The summed E-state index contributed by atoms with van der Waals surface area (Å²) in [6.07, 6.45) is 0. The van der Waals surface area contributed by atoms with E-state index < -0.39 is 5.91 Å². The third kappa shape index (κ3) is 3.67. The van der Waals surface area contributed by atoms with Crippen LogP contribution in [-0.4, -0.2) is 18.4 Å². The summed E-state index contributed by atoms with van der Waals surface area (Å²) in [6.45, 7) is -0.113. The molecule has 0 atom stereocenters. The molecule has 2 aromatic carbocycles. The molecule has 3 N–H and O–H groups in total. The first kappa shape index (κ1) is 15.1. The predicted molar refractivity (Wildman–Crippen MR) is 90.9 cm³/mol. The largest absolute Gasteiger partial charge is 0.484 e. The van der Waals surface area contributed by atoms with Gasteiger partial charge in [-0.1, -0.05) is 0 Å². The zero-order valence-electron chi connectivity index (χ0n) is 12.1. The molecule has 0 bridgehead atoms. The quantitative estimate of drug-likeness (QED) is 0.756. The van der Waals surface area contributed by atoms with Crippen LogP contribution in [0.1, 0.15) is 10.4 Å². The lowest BCUT2D eigenvalue weighted by Crippen LogP contribution is -2.20. The van der Waals surface area contributed by atoms with Crippen LogP contribution in [0.3, 0.4) is 0 Å². The van der Waals surface area contributed by atoms with Crippen molar-refractivity contribution >= 4 is 38.9 Å². The van der Waals surface area contributed by atoms with Gasteiger partial charge in [-0.2, -0.15) is 0 Å². The van der Waals surface area contributed by atoms with Crippen molar-refractivity contribution in [3.63, 3.8) is 0 Å². The molecule has 0 saturated heterocycles. The van der Waals surface area contributed by atoms with Gasteiger partial charge in [-0.25, -0.2) is 0 Å². The monoisotopic (exact) mass is 326 g/mol. The summed E-state index contributed by atoms with van der Waals surface area (Å²) in [5, 5.41) is 5.89. The zero-order chi connectivity index (χ0) is 16.2. The van der Waals surface area contributed by atoms with E-state index in [1.165, 1.54) is 4.70 Å². The number of anilines is 1. The molecule has 0 aliphatic heterocycles. The Morgan fingerprint density at radius 1 is 1.09 bits per heavy atom. The highest BCUT2D eigenvalue weighted by Gasteiger charge is 2.06. The molecule has 5 nitrogen and oxygen atoms in total. The van der Waals surface area contributed by atoms with E-state index in [0.717, 1.165) is 11.1 Å². The summed E-state index contributed by atoms with van der Waals surface area (Å²) in [4.78, 5) is 22.9. The van der Waals surface area contributed by atoms with Gasteiger partial charge in [-0.05, 0) is 59.3 Å². The number of thiophene rings is 1. The Kier molecular flexibility index (Phi) is 4.25. The van der Waals surface area contributed by atoms with Gasteiger partial charge in [-0.15, -0.1) is 11.3 Å². The van der Waals surface area contributed by atoms with Crippen molar-refractivity contribution in [2.45, 2.75) is 0 Å². The minimum atomic E-state index is -0.502. The standard InChI is InChI=1S/C17H14N2O3S/c18-17(21)11-1-4-14(5-2-11)22-10-16(20)19-13-3-6-15-12(9-13)7-8-23-15/h1-9H,10H2,(H2,18,21)(H,19,20). The zero-order valence-corrected chi connectivity index (χ0v) is 12.9. The van der Waals surface area contributed by atoms with Gasteiger partial charge >= 0.3 is 0 Å². The van der Waals surface area contributed by atoms with Crippen LogP contribution in [0.4, 0.5) is 5.69 Å². The molecule has 3 rings (SSSR count). The van der Waals surface area contributed by atoms with Gasteiger partial charge < -0.3 is 15.8 Å². The maximum absolute atomic E-state index is 11.9. The molecule has 0 saturated carbocycles. The van der Waals surface area contributed by atoms with Gasteiger partial charge in [0.2, 0.25) is 5.91 Å². The first-order chi connectivity index (χ1) is 11.1. The number of hydrogen-bond donors (Lipinski definition) is 2. The normalized spacial score (nSPS) is 10.4. The lowest BCUT2D eigenvalue weighted by atomic mass is 10.2. The number of nitrogens with one attached hydrogen (secondary N) is 1. The van der Waals surface area contributed by atoms with Crippen LogP contribution in [0, 0.1) is 0 Å². The minimum absolute atomic E-state index is 0.113. The maximum atomic E-state index is 11.9. The minimum Gasteiger partial charge on any atom is -0.484 e. The van der Waals surface area contributed by atoms with Crippen LogP contribution in [0.25, 0.3) is 10.1 Å². The second-order valence-corrected chi connectivity index (χ2v) is 5.85. The Morgan fingerprint density at radius 3 is 2.61 bits per heavy atom. The number of primary amides is 1. The molecular formula is C17H14N2O3S. The van der Waals surface area contributed by atoms with Crippen LogP contribution in [0.15, 0.2) is 53.9 Å². The molecule has 3 aromatic rings. The number of nitrogens with two attached hydrogens (primary N) is 1. The number of amides is 2. The van der Waals surface area contributed by atoms with E-state index in [2.05, 4.69) is 5.32 Å². The Balaban J connectivity index is 1.57. The number of hydrogen-bond acceptors (Lipinski definition) is 4. The van der Waals surface area contributed by atoms with E-state index in [0.29, 0.717) is 11.3 Å². The summed E-state index contributed by atoms with van der Waals surface area (Å²) in [6, 6.07) is 14.1. The maximum Gasteiger partial charge on any atom is 0.262 e. The van der Waals surface area contributed by atoms with E-state index in [4.69, 9.17) is 10.5 Å². The average molecular weight is 326 g/mol. The molecule has 0 radical (unpaired) electrons. The number of rotatable bonds is 5. The molecule has 116 valence electrons. The van der Waals surface area contributed by atoms with Crippen molar-refractivity contribution < 1.29 is 14.3 Å². The molecule has 0 spiro atoms. The predicted octanol–water partition coefficient (Wildman–Crippen LogP) is 3.02. The molecule has 0 aliphatic rings. The van der Waals surface area contributed by atoms with Crippen molar-refractivity contribution in [1.29, 1.82) is 0 Å². The molecule has 0 aliphatic carbocycles. The van der Waals surface area contributed by atoms with Crippen LogP contribution < -0.4 is 15.8 Å². The number of ether oxygens (including phenoxy) is 1. The lowest BCUT2D eigenvalue weighted by molar-refractivity contribution is -0.118. The molecule has 6 heteroatoms. The van der Waals surface area contributed by atoms with Crippen molar-refractivity contribution in [1.82, 2.24) is 0 Å². The molecule has 0 fully saturated rings. The van der Waals surface area contributed by atoms with Crippen LogP contribution >= 0.6 is 11.3 Å². The van der Waals surface area contributed by atoms with E-state index in [9.17, 15) is 9.59 Å². The number of carbonyl (C=O) groups is 2. The summed E-state index contributed by atoms with van der Waals surface area (Å²) in [5.74, 6) is -0.255. The summed E-state index contributed by atoms with van der Waals surface area (Å²) in [5.41, 5.74) is 6.28. The van der Waals surface area contributed by atoms with Gasteiger partial charge in [0.15, 0.2) is 6.61 Å². The SMILES string of the molecule is NC(=O)c1ccc(OCC(=O)Nc2ccc3sccc3c2)cc1. The van der Waals surface area contributed by atoms with E-state index >= 15 is 0 Å². The van der Waals surface area contributed by atoms with Gasteiger partial charge in [-0.3, -0.25) is 9.59 Å². The Labute approximate surface area is 136 Å². The molecule has 23 heavy (non-hydrogen) atoms. The second kappa shape index (κ2) is 6.50. The first-order valence-electron chi connectivity index (χ1n) is 6.91. The topological polar surface area (TPSA) is 81.4 Å². The fraction of sp³-hybridized carbons (Fsp3) is 0.0588. The Hall–Kier alpha value is -2.86. The van der Waals surface area contributed by atoms with E-state index in [-0.39, 0.29) is 12.5 Å². The van der Waals surface area contributed by atoms with E-state index in [1.807, 2.05) is 29.6 Å². The second-order valence-electron chi connectivity index (χ2n) is 4.90. The Morgan fingerprint density at radius 2 is 1.87 bits per heavy atom. The average Bonchev–Trinajstić information content (AvgIpc) is 3.01. The molecule has 2 amide bonds. The van der Waals surface area contributed by atoms with Crippen molar-refractivity contribution in [2.75, 3.05) is 11.9 Å². The van der Waals surface area contributed by atoms with Crippen LogP contribution in [0.5, 0.6) is 5.75 Å². The number of fused-ring (bicyclic) bond motifs is 1. The van der Waals surface area contributed by atoms with Crippen LogP contribution in [0.2, 0.25) is 0 Å². The molecule has 1 heterocycles. The van der Waals surface area contributed by atoms with Gasteiger partial charge in [0.05, 0.1) is 0 Å². The lowest BCUT2D eigenvalue weighted by Gasteiger charge is -2.08. The third-order valence-corrected chi connectivity index (χ3v) is 4.14. The smallest absolute Gasteiger partial charge is 0.262 e. The fourth-order valence-corrected chi connectivity index (χ4v) is 2.88. The van der Waals surface area contributed by atoms with Crippen molar-refractivity contribution in [3.8, 4) is 5.75 Å². The highest BCUT2D eigenvalue weighted by molar-refractivity contribution is 7.17. The third-order valence-electron chi connectivity index (χ3n) is 3.24. The molecule has 1 aromatic heterocycles. The molecular weight excluding hydrogens is 312 g/mol. The van der Waals surface area contributed by atoms with Crippen molar-refractivity contribution in [2.24, 2.45) is 5.73 Å². The van der Waals surface area contributed by atoms with Gasteiger partial charge in [0.25, 0.3) is 5.91 Å². The summed E-state index contributed by atoms with van der Waals surface area (Å²) < 4.78 is 6.56. The highest BCUT2D eigenvalue weighted by Crippen LogP contribution is 2.24. The van der Waals surface area contributed by atoms with Gasteiger partial charge in [0.1, 0.15) is 5.75 Å². The van der Waals surface area contributed by atoms with E-state index in [1.54, 1.807) is 35.6 Å². The number of carbonyl (C=O) groups excluding carboxylic acids is 2. The Bertz CT molecular complexity index is 856. The fourth-order valence-electron chi connectivity index (χ4n) is 2.11. The van der Waals surface area contributed by atoms with Gasteiger partial charge in [0, 0.05) is 16.0 Å². The van der Waals surface area contributed by atoms with Crippen molar-refractivity contribution in [3.05, 3.63) is 59.5 Å². The summed E-state index contributed by atoms with van der Waals surface area (Å²) in [7, 11) is 0. The first-order valence-corrected chi connectivity index (χ1v) is 7.79. The number of benzene rings is 2.